The fourth-order valence-electron chi connectivity index (χ4n) is 1.35. The lowest BCUT2D eigenvalue weighted by Crippen LogP contribution is -2.07. The summed E-state index contributed by atoms with van der Waals surface area (Å²) in [5.41, 5.74) is 0.573. The minimum absolute atomic E-state index is 0.0446. The van der Waals surface area contributed by atoms with Crippen LogP contribution >= 0.6 is 11.3 Å². The molecule has 0 fully saturated rings. The first-order valence-electron chi connectivity index (χ1n) is 4.57. The Kier molecular flexibility index (Phi) is 2.99. The zero-order valence-corrected chi connectivity index (χ0v) is 8.79. The van der Waals surface area contributed by atoms with Crippen LogP contribution in [-0.4, -0.2) is 24.3 Å². The first-order valence-corrected chi connectivity index (χ1v) is 5.45. The molecule has 2 aromatic rings. The Labute approximate surface area is 90.9 Å². The van der Waals surface area contributed by atoms with Crippen molar-refractivity contribution in [2.45, 2.75) is 0 Å². The van der Waals surface area contributed by atoms with Gasteiger partial charge in [-0.1, -0.05) is 18.2 Å². The lowest BCUT2D eigenvalue weighted by atomic mass is 10.2. The number of carbonyl (C=O) groups excluding carboxylic acids is 1. The second-order valence-corrected chi connectivity index (χ2v) is 3.92. The van der Waals surface area contributed by atoms with Crippen molar-refractivity contribution in [1.29, 1.82) is 0 Å². The van der Waals surface area contributed by atoms with Crippen LogP contribution in [0.4, 0.5) is 0 Å². The van der Waals surface area contributed by atoms with E-state index in [0.29, 0.717) is 5.56 Å². The summed E-state index contributed by atoms with van der Waals surface area (Å²) in [6.07, 6.45) is 0. The Morgan fingerprint density at radius 2 is 2.20 bits per heavy atom. The average molecular weight is 222 g/mol. The quantitative estimate of drug-likeness (QED) is 0.808. The van der Waals surface area contributed by atoms with Crippen LogP contribution in [-0.2, 0) is 4.74 Å². The molecule has 1 N–H and O–H groups in total. The van der Waals surface area contributed by atoms with Crippen molar-refractivity contribution in [3.63, 3.8) is 0 Å². The normalized spacial score (nSPS) is 10.5. The molecule has 1 aromatic heterocycles. The van der Waals surface area contributed by atoms with Gasteiger partial charge in [-0.2, -0.15) is 0 Å². The molecule has 0 unspecified atom stereocenters. The third kappa shape index (κ3) is 2.00. The van der Waals surface area contributed by atoms with Gasteiger partial charge in [0.25, 0.3) is 0 Å². The molecule has 1 aromatic carbocycles. The minimum Gasteiger partial charge on any atom is -0.460 e. The molecule has 15 heavy (non-hydrogen) atoms. The van der Waals surface area contributed by atoms with E-state index in [1.54, 1.807) is 5.38 Å². The van der Waals surface area contributed by atoms with Crippen LogP contribution in [0.2, 0.25) is 0 Å². The second kappa shape index (κ2) is 4.42. The standard InChI is InChI=1S/C11H10O3S/c12-5-6-14-11(13)9-7-15-10-4-2-1-3-8(9)10/h1-4,7,12H,5-6H2. The molecule has 0 radical (unpaired) electrons. The largest absolute Gasteiger partial charge is 0.460 e. The lowest BCUT2D eigenvalue weighted by Gasteiger charge is -2.00. The van der Waals surface area contributed by atoms with Crippen LogP contribution in [0.1, 0.15) is 10.4 Å². The third-order valence-electron chi connectivity index (χ3n) is 2.03. The molecular formula is C11H10O3S. The van der Waals surface area contributed by atoms with Gasteiger partial charge in [0, 0.05) is 15.5 Å². The van der Waals surface area contributed by atoms with E-state index in [0.717, 1.165) is 10.1 Å². The number of thiophene rings is 1. The highest BCUT2D eigenvalue weighted by molar-refractivity contribution is 7.17. The maximum atomic E-state index is 11.6. The van der Waals surface area contributed by atoms with Gasteiger partial charge in [-0.25, -0.2) is 4.79 Å². The number of hydrogen-bond acceptors (Lipinski definition) is 4. The number of carbonyl (C=O) groups is 1. The van der Waals surface area contributed by atoms with Crippen molar-refractivity contribution < 1.29 is 14.6 Å². The fourth-order valence-corrected chi connectivity index (χ4v) is 2.28. The van der Waals surface area contributed by atoms with Crippen LogP contribution in [0.5, 0.6) is 0 Å². The van der Waals surface area contributed by atoms with Crippen molar-refractivity contribution in [3.8, 4) is 0 Å². The van der Waals surface area contributed by atoms with Gasteiger partial charge in [-0.05, 0) is 6.07 Å². The maximum Gasteiger partial charge on any atom is 0.339 e. The third-order valence-corrected chi connectivity index (χ3v) is 2.99. The van der Waals surface area contributed by atoms with E-state index < -0.39 is 0 Å². The first kappa shape index (κ1) is 10.1. The summed E-state index contributed by atoms with van der Waals surface area (Å²) in [6, 6.07) is 7.67. The highest BCUT2D eigenvalue weighted by Crippen LogP contribution is 2.25. The van der Waals surface area contributed by atoms with Crippen LogP contribution < -0.4 is 0 Å². The minimum atomic E-state index is -0.374. The zero-order chi connectivity index (χ0) is 10.7. The summed E-state index contributed by atoms with van der Waals surface area (Å²) in [7, 11) is 0. The summed E-state index contributed by atoms with van der Waals surface area (Å²) < 4.78 is 5.92. The van der Waals surface area contributed by atoms with Gasteiger partial charge in [0.05, 0.1) is 12.2 Å². The Morgan fingerprint density at radius 3 is 3.00 bits per heavy atom. The second-order valence-electron chi connectivity index (χ2n) is 3.01. The molecule has 3 nitrogen and oxygen atoms in total. The van der Waals surface area contributed by atoms with Crippen LogP contribution in [0.15, 0.2) is 29.6 Å². The predicted octanol–water partition coefficient (Wildman–Crippen LogP) is 2.05. The number of fused-ring (bicyclic) bond motifs is 1. The predicted molar refractivity (Wildman–Crippen MR) is 59.2 cm³/mol. The lowest BCUT2D eigenvalue weighted by molar-refractivity contribution is 0.0436. The number of ether oxygens (including phenoxy) is 1. The molecule has 4 heteroatoms. The van der Waals surface area contributed by atoms with Gasteiger partial charge in [0.1, 0.15) is 6.61 Å². The van der Waals surface area contributed by atoms with Gasteiger partial charge in [-0.3, -0.25) is 0 Å². The molecule has 2 rings (SSSR count). The number of esters is 1. The number of rotatable bonds is 3. The van der Waals surface area contributed by atoms with E-state index in [1.807, 2.05) is 24.3 Å². The average Bonchev–Trinajstić information content (AvgIpc) is 2.69. The van der Waals surface area contributed by atoms with Gasteiger partial charge < -0.3 is 9.84 Å². The summed E-state index contributed by atoms with van der Waals surface area (Å²) >= 11 is 1.51. The van der Waals surface area contributed by atoms with E-state index in [-0.39, 0.29) is 19.2 Å². The fraction of sp³-hybridized carbons (Fsp3) is 0.182. The summed E-state index contributed by atoms with van der Waals surface area (Å²) in [6.45, 7) is -0.100. The molecule has 0 aliphatic rings. The SMILES string of the molecule is O=C(OCCO)c1csc2ccccc12. The van der Waals surface area contributed by atoms with Crippen LogP contribution in [0.25, 0.3) is 10.1 Å². The molecule has 0 saturated heterocycles. The Balaban J connectivity index is 2.31. The van der Waals surface area contributed by atoms with Crippen LogP contribution in [0.3, 0.4) is 0 Å². The van der Waals surface area contributed by atoms with Crippen molar-refractivity contribution in [1.82, 2.24) is 0 Å². The van der Waals surface area contributed by atoms with Crippen molar-refractivity contribution in [2.24, 2.45) is 0 Å². The number of aliphatic hydroxyl groups is 1. The highest BCUT2D eigenvalue weighted by Gasteiger charge is 2.12. The van der Waals surface area contributed by atoms with Gasteiger partial charge in [0.2, 0.25) is 0 Å². The van der Waals surface area contributed by atoms with Gasteiger partial charge in [0.15, 0.2) is 0 Å². The molecule has 0 spiro atoms. The summed E-state index contributed by atoms with van der Waals surface area (Å²) in [5, 5.41) is 11.2. The Morgan fingerprint density at radius 1 is 1.40 bits per heavy atom. The van der Waals surface area contributed by atoms with E-state index in [2.05, 4.69) is 0 Å². The van der Waals surface area contributed by atoms with E-state index in [4.69, 9.17) is 9.84 Å². The summed E-state index contributed by atoms with van der Waals surface area (Å²) in [4.78, 5) is 11.6. The van der Waals surface area contributed by atoms with Crippen LogP contribution in [0, 0.1) is 0 Å². The Bertz CT molecular complexity index is 475. The van der Waals surface area contributed by atoms with Crippen molar-refractivity contribution >= 4 is 27.4 Å². The molecule has 0 amide bonds. The van der Waals surface area contributed by atoms with Crippen molar-refractivity contribution in [2.75, 3.05) is 13.2 Å². The zero-order valence-electron chi connectivity index (χ0n) is 7.97. The van der Waals surface area contributed by atoms with E-state index in [9.17, 15) is 4.79 Å². The molecular weight excluding hydrogens is 212 g/mol. The molecule has 0 atom stereocenters. The smallest absolute Gasteiger partial charge is 0.339 e. The summed E-state index contributed by atoms with van der Waals surface area (Å²) in [5.74, 6) is -0.374. The molecule has 0 saturated carbocycles. The highest BCUT2D eigenvalue weighted by atomic mass is 32.1. The maximum absolute atomic E-state index is 11.6. The van der Waals surface area contributed by atoms with Gasteiger partial charge in [-0.15, -0.1) is 11.3 Å². The number of aliphatic hydroxyl groups excluding tert-OH is 1. The monoisotopic (exact) mass is 222 g/mol. The van der Waals surface area contributed by atoms with Crippen molar-refractivity contribution in [3.05, 3.63) is 35.2 Å². The molecule has 78 valence electrons. The molecule has 1 heterocycles. The van der Waals surface area contributed by atoms with Gasteiger partial charge >= 0.3 is 5.97 Å². The molecule has 0 bridgehead atoms. The molecule has 0 aliphatic heterocycles. The molecule has 0 aliphatic carbocycles. The number of benzene rings is 1. The topological polar surface area (TPSA) is 46.5 Å². The van der Waals surface area contributed by atoms with E-state index in [1.165, 1.54) is 11.3 Å². The van der Waals surface area contributed by atoms with E-state index >= 15 is 0 Å². The Hall–Kier alpha value is -1.39. The first-order chi connectivity index (χ1) is 7.33. The number of hydrogen-bond donors (Lipinski definition) is 1.